The first kappa shape index (κ1) is 17.9. The van der Waals surface area contributed by atoms with E-state index in [-0.39, 0.29) is 29.6 Å². The van der Waals surface area contributed by atoms with Crippen LogP contribution >= 0.6 is 11.6 Å². The van der Waals surface area contributed by atoms with E-state index in [2.05, 4.69) is 10.0 Å². The Balaban J connectivity index is 2.59. The summed E-state index contributed by atoms with van der Waals surface area (Å²) in [4.78, 5) is 11.5. The summed E-state index contributed by atoms with van der Waals surface area (Å²) in [5.74, 6) is 0.138. The first-order chi connectivity index (χ1) is 9.99. The lowest BCUT2D eigenvalue weighted by Gasteiger charge is -2.08. The third-order valence-corrected chi connectivity index (χ3v) is 4.31. The third-order valence-electron chi connectivity index (χ3n) is 2.64. The van der Waals surface area contributed by atoms with Gasteiger partial charge in [-0.1, -0.05) is 12.1 Å². The average molecular weight is 335 g/mol. The summed E-state index contributed by atoms with van der Waals surface area (Å²) < 4.78 is 31.1. The van der Waals surface area contributed by atoms with Crippen molar-refractivity contribution in [1.29, 1.82) is 0 Å². The second-order valence-electron chi connectivity index (χ2n) is 4.25. The molecule has 6 nitrogen and oxygen atoms in total. The molecule has 1 amide bonds. The number of hydrogen-bond acceptors (Lipinski definition) is 4. The van der Waals surface area contributed by atoms with Gasteiger partial charge in [0.2, 0.25) is 15.9 Å². The molecule has 21 heavy (non-hydrogen) atoms. The van der Waals surface area contributed by atoms with Crippen LogP contribution in [0.15, 0.2) is 29.2 Å². The van der Waals surface area contributed by atoms with Crippen LogP contribution in [-0.4, -0.2) is 40.5 Å². The van der Waals surface area contributed by atoms with Crippen molar-refractivity contribution in [2.75, 3.05) is 26.1 Å². The molecule has 0 bridgehead atoms. The summed E-state index contributed by atoms with van der Waals surface area (Å²) in [6.07, 6.45) is 0.261. The normalized spacial score (nSPS) is 11.3. The highest BCUT2D eigenvalue weighted by atomic mass is 35.5. The predicted molar refractivity (Wildman–Crippen MR) is 80.7 cm³/mol. The van der Waals surface area contributed by atoms with E-state index in [0.29, 0.717) is 13.2 Å². The molecule has 1 aromatic rings. The average Bonchev–Trinajstić information content (AvgIpc) is 2.46. The van der Waals surface area contributed by atoms with Gasteiger partial charge in [-0.15, -0.1) is 11.6 Å². The third kappa shape index (κ3) is 6.43. The number of nitrogens with one attached hydrogen (secondary N) is 2. The Morgan fingerprint density at radius 3 is 2.52 bits per heavy atom. The van der Waals surface area contributed by atoms with Gasteiger partial charge < -0.3 is 10.1 Å². The van der Waals surface area contributed by atoms with Gasteiger partial charge in [0.25, 0.3) is 0 Å². The molecule has 0 aliphatic heterocycles. The van der Waals surface area contributed by atoms with Crippen molar-refractivity contribution in [2.24, 2.45) is 0 Å². The maximum atomic E-state index is 11.9. The second-order valence-corrected chi connectivity index (χ2v) is 6.40. The summed E-state index contributed by atoms with van der Waals surface area (Å²) in [6, 6.07) is 6.31. The van der Waals surface area contributed by atoms with Gasteiger partial charge in [-0.2, -0.15) is 0 Å². The Hall–Kier alpha value is -1.15. The van der Waals surface area contributed by atoms with Gasteiger partial charge in [-0.25, -0.2) is 13.1 Å². The number of hydrogen-bond donors (Lipinski definition) is 2. The Bertz CT molecular complexity index is 546. The largest absolute Gasteiger partial charge is 0.383 e. The minimum absolute atomic E-state index is 0.136. The van der Waals surface area contributed by atoms with Crippen molar-refractivity contribution < 1.29 is 17.9 Å². The predicted octanol–water partition coefficient (Wildman–Crippen LogP) is 0.856. The highest BCUT2D eigenvalue weighted by Gasteiger charge is 2.12. The first-order valence-electron chi connectivity index (χ1n) is 6.40. The van der Waals surface area contributed by atoms with Crippen LogP contribution in [0, 0.1) is 0 Å². The molecular formula is C13H19ClN2O4S. The quantitative estimate of drug-likeness (QED) is 0.518. The summed E-state index contributed by atoms with van der Waals surface area (Å²) in [5, 5.41) is 2.69. The summed E-state index contributed by atoms with van der Waals surface area (Å²) in [6.45, 7) is 0.867. The van der Waals surface area contributed by atoms with Crippen LogP contribution in [-0.2, 0) is 26.1 Å². The second kappa shape index (κ2) is 8.99. The maximum absolute atomic E-state index is 11.9. The fourth-order valence-electron chi connectivity index (χ4n) is 1.52. The highest BCUT2D eigenvalue weighted by molar-refractivity contribution is 7.89. The van der Waals surface area contributed by atoms with Gasteiger partial charge in [-0.3, -0.25) is 4.79 Å². The topological polar surface area (TPSA) is 84.5 Å². The van der Waals surface area contributed by atoms with E-state index in [1.54, 1.807) is 12.1 Å². The standard InChI is InChI=1S/C13H19ClN2O4S/c1-20-9-8-16-21(18,19)12-4-2-11(3-5-12)10-15-13(17)6-7-14/h2-5,16H,6-10H2,1H3,(H,15,17). The van der Waals surface area contributed by atoms with Crippen LogP contribution in [0.3, 0.4) is 0 Å². The Labute approximate surface area is 129 Å². The Kier molecular flexibility index (Phi) is 7.66. The number of methoxy groups -OCH3 is 1. The smallest absolute Gasteiger partial charge is 0.240 e. The molecule has 0 saturated heterocycles. The molecule has 0 fully saturated rings. The lowest BCUT2D eigenvalue weighted by Crippen LogP contribution is -2.27. The molecule has 0 aliphatic rings. The van der Waals surface area contributed by atoms with Crippen molar-refractivity contribution in [2.45, 2.75) is 17.9 Å². The molecule has 0 saturated carbocycles. The number of alkyl halides is 1. The van der Waals surface area contributed by atoms with Crippen molar-refractivity contribution in [3.05, 3.63) is 29.8 Å². The van der Waals surface area contributed by atoms with E-state index in [4.69, 9.17) is 16.3 Å². The molecule has 0 aliphatic carbocycles. The number of carbonyl (C=O) groups is 1. The van der Waals surface area contributed by atoms with Gasteiger partial charge in [0.05, 0.1) is 11.5 Å². The van der Waals surface area contributed by atoms with Crippen LogP contribution < -0.4 is 10.0 Å². The molecule has 2 N–H and O–H groups in total. The number of benzene rings is 1. The van der Waals surface area contributed by atoms with Crippen molar-refractivity contribution >= 4 is 27.5 Å². The van der Waals surface area contributed by atoms with Crippen molar-refractivity contribution in [3.8, 4) is 0 Å². The SMILES string of the molecule is COCCNS(=O)(=O)c1ccc(CNC(=O)CCCl)cc1. The molecular weight excluding hydrogens is 316 g/mol. The summed E-state index contributed by atoms with van der Waals surface area (Å²) >= 11 is 5.46. The highest BCUT2D eigenvalue weighted by Crippen LogP contribution is 2.10. The van der Waals surface area contributed by atoms with Gasteiger partial charge >= 0.3 is 0 Å². The fraction of sp³-hybridized carbons (Fsp3) is 0.462. The molecule has 1 aromatic carbocycles. The molecule has 0 radical (unpaired) electrons. The van der Waals surface area contributed by atoms with E-state index in [9.17, 15) is 13.2 Å². The zero-order valence-electron chi connectivity index (χ0n) is 11.8. The number of ether oxygens (including phenoxy) is 1. The van der Waals surface area contributed by atoms with Crippen LogP contribution in [0.2, 0.25) is 0 Å². The van der Waals surface area contributed by atoms with E-state index < -0.39 is 10.0 Å². The van der Waals surface area contributed by atoms with E-state index in [0.717, 1.165) is 5.56 Å². The molecule has 0 aromatic heterocycles. The van der Waals surface area contributed by atoms with Crippen molar-refractivity contribution in [3.63, 3.8) is 0 Å². The van der Waals surface area contributed by atoms with Crippen LogP contribution in [0.1, 0.15) is 12.0 Å². The lowest BCUT2D eigenvalue weighted by molar-refractivity contribution is -0.120. The fourth-order valence-corrected chi connectivity index (χ4v) is 2.71. The van der Waals surface area contributed by atoms with Crippen molar-refractivity contribution in [1.82, 2.24) is 10.0 Å². The molecule has 0 heterocycles. The molecule has 8 heteroatoms. The summed E-state index contributed by atoms with van der Waals surface area (Å²) in [5.41, 5.74) is 0.814. The van der Waals surface area contributed by atoms with Gasteiger partial charge in [0, 0.05) is 32.5 Å². The van der Waals surface area contributed by atoms with E-state index in [1.165, 1.54) is 19.2 Å². The Morgan fingerprint density at radius 1 is 1.29 bits per heavy atom. The monoisotopic (exact) mass is 334 g/mol. The number of carbonyl (C=O) groups excluding carboxylic acids is 1. The number of sulfonamides is 1. The number of amides is 1. The molecule has 0 spiro atoms. The lowest BCUT2D eigenvalue weighted by atomic mass is 10.2. The Morgan fingerprint density at radius 2 is 1.95 bits per heavy atom. The zero-order valence-corrected chi connectivity index (χ0v) is 13.3. The van der Waals surface area contributed by atoms with E-state index in [1.807, 2.05) is 0 Å². The maximum Gasteiger partial charge on any atom is 0.240 e. The number of halogens is 1. The zero-order chi connectivity index (χ0) is 15.7. The van der Waals surface area contributed by atoms with Crippen LogP contribution in [0.25, 0.3) is 0 Å². The van der Waals surface area contributed by atoms with Gasteiger partial charge in [0.15, 0.2) is 0 Å². The van der Waals surface area contributed by atoms with Crippen LogP contribution in [0.4, 0.5) is 0 Å². The van der Waals surface area contributed by atoms with Gasteiger partial charge in [-0.05, 0) is 17.7 Å². The first-order valence-corrected chi connectivity index (χ1v) is 8.41. The number of rotatable bonds is 9. The molecule has 0 unspecified atom stereocenters. The van der Waals surface area contributed by atoms with E-state index >= 15 is 0 Å². The molecule has 118 valence electrons. The molecule has 0 atom stereocenters. The summed E-state index contributed by atoms with van der Waals surface area (Å²) in [7, 11) is -2.02. The van der Waals surface area contributed by atoms with Crippen LogP contribution in [0.5, 0.6) is 0 Å². The minimum Gasteiger partial charge on any atom is -0.383 e. The minimum atomic E-state index is -3.52. The molecule has 1 rings (SSSR count). The van der Waals surface area contributed by atoms with Gasteiger partial charge in [0.1, 0.15) is 0 Å².